The van der Waals surface area contributed by atoms with Gasteiger partial charge in [0.25, 0.3) is 0 Å². The van der Waals surface area contributed by atoms with E-state index in [1.807, 2.05) is 0 Å². The van der Waals surface area contributed by atoms with Gasteiger partial charge < -0.3 is 5.32 Å². The molecule has 0 unspecified atom stereocenters. The Morgan fingerprint density at radius 3 is 2.70 bits per heavy atom. The molecule has 1 heteroatoms. The molecule has 0 amide bonds. The molecule has 0 fully saturated rings. The lowest BCUT2D eigenvalue weighted by atomic mass is 9.88. The van der Waals surface area contributed by atoms with E-state index in [0.29, 0.717) is 0 Å². The first kappa shape index (κ1) is 16.1. The van der Waals surface area contributed by atoms with Crippen LogP contribution in [0.2, 0.25) is 0 Å². The zero-order valence-corrected chi connectivity index (χ0v) is 14.6. The quantitative estimate of drug-likeness (QED) is 0.638. The summed E-state index contributed by atoms with van der Waals surface area (Å²) in [5.41, 5.74) is 6.91. The summed E-state index contributed by atoms with van der Waals surface area (Å²) < 4.78 is 0. The van der Waals surface area contributed by atoms with Crippen molar-refractivity contribution in [3.63, 3.8) is 0 Å². The standard InChI is InChI=1S/C22H29N/c1-3-5-6-8-18-14-21-12-11-20(15-22(21)23-16-18)19-10-7-9-17(4-2)13-19/h7,9-13,15,18,23H,3-6,8,14,16H2,1-2H3/t18-/m1/s1. The van der Waals surface area contributed by atoms with Crippen molar-refractivity contribution in [2.24, 2.45) is 5.92 Å². The minimum atomic E-state index is 0.809. The molecule has 1 aliphatic heterocycles. The van der Waals surface area contributed by atoms with Gasteiger partial charge in [0.05, 0.1) is 0 Å². The second kappa shape index (κ2) is 7.68. The van der Waals surface area contributed by atoms with Gasteiger partial charge in [0.2, 0.25) is 0 Å². The number of aryl methyl sites for hydroxylation is 1. The molecule has 122 valence electrons. The molecule has 0 saturated heterocycles. The Hall–Kier alpha value is -1.76. The van der Waals surface area contributed by atoms with Crippen molar-refractivity contribution in [2.75, 3.05) is 11.9 Å². The van der Waals surface area contributed by atoms with Gasteiger partial charge >= 0.3 is 0 Å². The summed E-state index contributed by atoms with van der Waals surface area (Å²) in [6.07, 6.45) is 7.76. The van der Waals surface area contributed by atoms with Crippen LogP contribution in [-0.2, 0) is 12.8 Å². The molecule has 0 aromatic heterocycles. The smallest absolute Gasteiger partial charge is 0.0379 e. The second-order valence-corrected chi connectivity index (χ2v) is 6.87. The van der Waals surface area contributed by atoms with E-state index in [1.54, 1.807) is 0 Å². The van der Waals surface area contributed by atoms with E-state index in [9.17, 15) is 0 Å². The first-order chi connectivity index (χ1) is 11.3. The molecule has 23 heavy (non-hydrogen) atoms. The first-order valence-electron chi connectivity index (χ1n) is 9.26. The van der Waals surface area contributed by atoms with Gasteiger partial charge in [-0.2, -0.15) is 0 Å². The molecule has 1 nitrogen and oxygen atoms in total. The summed E-state index contributed by atoms with van der Waals surface area (Å²) in [6.45, 7) is 5.63. The number of anilines is 1. The summed E-state index contributed by atoms with van der Waals surface area (Å²) in [4.78, 5) is 0. The monoisotopic (exact) mass is 307 g/mol. The minimum absolute atomic E-state index is 0.809. The average molecular weight is 307 g/mol. The number of rotatable bonds is 6. The van der Waals surface area contributed by atoms with Gasteiger partial charge in [-0.25, -0.2) is 0 Å². The molecule has 0 spiro atoms. The zero-order chi connectivity index (χ0) is 16.1. The number of fused-ring (bicyclic) bond motifs is 1. The molecular weight excluding hydrogens is 278 g/mol. The zero-order valence-electron chi connectivity index (χ0n) is 14.6. The summed E-state index contributed by atoms with van der Waals surface area (Å²) >= 11 is 0. The highest BCUT2D eigenvalue weighted by molar-refractivity contribution is 5.71. The maximum Gasteiger partial charge on any atom is 0.0379 e. The summed E-state index contributed by atoms with van der Waals surface area (Å²) in [7, 11) is 0. The predicted octanol–water partition coefficient (Wildman–Crippen LogP) is 6.08. The topological polar surface area (TPSA) is 12.0 Å². The minimum Gasteiger partial charge on any atom is -0.385 e. The molecule has 1 aliphatic rings. The molecule has 1 heterocycles. The molecule has 2 aromatic rings. The van der Waals surface area contributed by atoms with Crippen molar-refractivity contribution in [2.45, 2.75) is 52.4 Å². The second-order valence-electron chi connectivity index (χ2n) is 6.87. The summed E-state index contributed by atoms with van der Waals surface area (Å²) in [5, 5.41) is 3.68. The molecule has 1 atom stereocenters. The fraction of sp³-hybridized carbons (Fsp3) is 0.455. The van der Waals surface area contributed by atoms with Crippen LogP contribution in [0.1, 0.15) is 50.7 Å². The third-order valence-electron chi connectivity index (χ3n) is 5.08. The fourth-order valence-electron chi connectivity index (χ4n) is 3.59. The number of hydrogen-bond donors (Lipinski definition) is 1. The number of benzene rings is 2. The van der Waals surface area contributed by atoms with Crippen LogP contribution < -0.4 is 5.32 Å². The van der Waals surface area contributed by atoms with Gasteiger partial charge in [-0.05, 0) is 53.5 Å². The predicted molar refractivity (Wildman–Crippen MR) is 101 cm³/mol. The fourth-order valence-corrected chi connectivity index (χ4v) is 3.59. The molecule has 1 N–H and O–H groups in total. The van der Waals surface area contributed by atoms with Gasteiger partial charge in [-0.1, -0.05) is 69.5 Å². The van der Waals surface area contributed by atoms with Crippen molar-refractivity contribution in [3.8, 4) is 11.1 Å². The van der Waals surface area contributed by atoms with Crippen LogP contribution in [0.5, 0.6) is 0 Å². The van der Waals surface area contributed by atoms with Crippen molar-refractivity contribution in [1.29, 1.82) is 0 Å². The Kier molecular flexibility index (Phi) is 5.38. The Labute approximate surface area is 141 Å². The number of hydrogen-bond acceptors (Lipinski definition) is 1. The third-order valence-corrected chi connectivity index (χ3v) is 5.08. The third kappa shape index (κ3) is 3.96. The van der Waals surface area contributed by atoms with Crippen molar-refractivity contribution < 1.29 is 0 Å². The van der Waals surface area contributed by atoms with E-state index < -0.39 is 0 Å². The van der Waals surface area contributed by atoms with Crippen molar-refractivity contribution in [1.82, 2.24) is 0 Å². The molecule has 2 aromatic carbocycles. The van der Waals surface area contributed by atoms with Crippen molar-refractivity contribution >= 4 is 5.69 Å². The molecular formula is C22H29N. The maximum absolute atomic E-state index is 3.68. The van der Waals surface area contributed by atoms with Gasteiger partial charge in [-0.15, -0.1) is 0 Å². The lowest BCUT2D eigenvalue weighted by Crippen LogP contribution is -2.23. The van der Waals surface area contributed by atoms with E-state index in [-0.39, 0.29) is 0 Å². The molecule has 3 rings (SSSR count). The van der Waals surface area contributed by atoms with Gasteiger partial charge in [-0.3, -0.25) is 0 Å². The summed E-state index contributed by atoms with van der Waals surface area (Å²) in [5.74, 6) is 0.809. The normalized spacial score (nSPS) is 16.7. The number of unbranched alkanes of at least 4 members (excludes halogenated alkanes) is 2. The number of nitrogens with one attached hydrogen (secondary N) is 1. The lowest BCUT2D eigenvalue weighted by Gasteiger charge is -2.27. The van der Waals surface area contributed by atoms with E-state index in [4.69, 9.17) is 0 Å². The molecule has 0 radical (unpaired) electrons. The lowest BCUT2D eigenvalue weighted by molar-refractivity contribution is 0.466. The van der Waals surface area contributed by atoms with Crippen molar-refractivity contribution in [3.05, 3.63) is 53.6 Å². The average Bonchev–Trinajstić information content (AvgIpc) is 2.61. The highest BCUT2D eigenvalue weighted by Gasteiger charge is 2.18. The van der Waals surface area contributed by atoms with E-state index in [0.717, 1.165) is 18.9 Å². The van der Waals surface area contributed by atoms with Crippen LogP contribution in [0.25, 0.3) is 11.1 Å². The largest absolute Gasteiger partial charge is 0.385 e. The van der Waals surface area contributed by atoms with Crippen LogP contribution >= 0.6 is 0 Å². The SMILES string of the molecule is CCCCC[C@H]1CNc2cc(-c3cccc(CC)c3)ccc2C1. The van der Waals surface area contributed by atoms with E-state index >= 15 is 0 Å². The molecule has 0 bridgehead atoms. The summed E-state index contributed by atoms with van der Waals surface area (Å²) in [6, 6.07) is 15.9. The first-order valence-corrected chi connectivity index (χ1v) is 9.26. The van der Waals surface area contributed by atoms with Crippen LogP contribution in [0.15, 0.2) is 42.5 Å². The van der Waals surface area contributed by atoms with Gasteiger partial charge in [0.1, 0.15) is 0 Å². The maximum atomic E-state index is 3.68. The Balaban J connectivity index is 1.73. The van der Waals surface area contributed by atoms with Crippen LogP contribution in [0.3, 0.4) is 0 Å². The Morgan fingerprint density at radius 1 is 1.00 bits per heavy atom. The molecule has 0 saturated carbocycles. The highest BCUT2D eigenvalue weighted by Crippen LogP contribution is 2.32. The van der Waals surface area contributed by atoms with Gasteiger partial charge in [0.15, 0.2) is 0 Å². The van der Waals surface area contributed by atoms with Crippen LogP contribution in [-0.4, -0.2) is 6.54 Å². The highest BCUT2D eigenvalue weighted by atomic mass is 14.9. The van der Waals surface area contributed by atoms with Crippen LogP contribution in [0.4, 0.5) is 5.69 Å². The molecule has 0 aliphatic carbocycles. The Morgan fingerprint density at radius 2 is 1.87 bits per heavy atom. The van der Waals surface area contributed by atoms with E-state index in [1.165, 1.54) is 60.0 Å². The van der Waals surface area contributed by atoms with Gasteiger partial charge in [0, 0.05) is 12.2 Å². The van der Waals surface area contributed by atoms with E-state index in [2.05, 4.69) is 61.6 Å². The Bertz CT molecular complexity index is 644. The van der Waals surface area contributed by atoms with Crippen LogP contribution in [0, 0.1) is 5.92 Å².